The van der Waals surface area contributed by atoms with E-state index in [1.165, 1.54) is 0 Å². The van der Waals surface area contributed by atoms with Crippen molar-refractivity contribution in [2.45, 2.75) is 24.2 Å². The number of nitrogens with zero attached hydrogens (tertiary/aromatic N) is 1. The maximum Gasteiger partial charge on any atom is 0.164 e. The van der Waals surface area contributed by atoms with Crippen molar-refractivity contribution < 1.29 is 4.79 Å². The zero-order valence-electron chi connectivity index (χ0n) is 11.4. The number of carbonyl (C=O) groups is 1. The van der Waals surface area contributed by atoms with Gasteiger partial charge < -0.3 is 0 Å². The zero-order valence-corrected chi connectivity index (χ0v) is 12.2. The molecule has 0 aromatic heterocycles. The largest absolute Gasteiger partial charge is 0.297 e. The summed E-state index contributed by atoms with van der Waals surface area (Å²) in [5.74, 6) is -0.842. The van der Waals surface area contributed by atoms with Crippen LogP contribution in [0.3, 0.4) is 0 Å². The molecular formula is C18H14ClNO. The number of rotatable bonds is 4. The molecule has 1 atom stereocenters. The van der Waals surface area contributed by atoms with E-state index >= 15 is 0 Å². The van der Waals surface area contributed by atoms with Crippen LogP contribution in [0.15, 0.2) is 54.6 Å². The highest BCUT2D eigenvalue weighted by molar-refractivity contribution is 6.31. The lowest BCUT2D eigenvalue weighted by molar-refractivity contribution is -0.121. The van der Waals surface area contributed by atoms with Gasteiger partial charge in [0.05, 0.1) is 11.5 Å². The van der Waals surface area contributed by atoms with E-state index in [9.17, 15) is 10.1 Å². The normalized spacial score (nSPS) is 16.8. The fraction of sp³-hybridized carbons (Fsp3) is 0.222. The van der Waals surface area contributed by atoms with Crippen LogP contribution in [0.2, 0.25) is 5.02 Å². The number of hydrogen-bond acceptors (Lipinski definition) is 2. The van der Waals surface area contributed by atoms with Gasteiger partial charge in [0.1, 0.15) is 5.92 Å². The van der Waals surface area contributed by atoms with E-state index in [0.717, 1.165) is 18.4 Å². The van der Waals surface area contributed by atoms with Crippen LogP contribution in [-0.2, 0) is 10.2 Å². The van der Waals surface area contributed by atoms with Crippen LogP contribution >= 0.6 is 11.6 Å². The van der Waals surface area contributed by atoms with Crippen molar-refractivity contribution in [3.8, 4) is 6.07 Å². The summed E-state index contributed by atoms with van der Waals surface area (Å²) in [6, 6.07) is 18.9. The van der Waals surface area contributed by atoms with Crippen LogP contribution in [0.5, 0.6) is 0 Å². The molecule has 1 aliphatic carbocycles. The highest BCUT2D eigenvalue weighted by atomic mass is 35.5. The summed E-state index contributed by atoms with van der Waals surface area (Å²) < 4.78 is 0. The van der Waals surface area contributed by atoms with Gasteiger partial charge in [0.25, 0.3) is 0 Å². The molecule has 1 aliphatic rings. The van der Waals surface area contributed by atoms with E-state index in [2.05, 4.69) is 6.07 Å². The Morgan fingerprint density at radius 1 is 1.10 bits per heavy atom. The molecule has 2 nitrogen and oxygen atoms in total. The van der Waals surface area contributed by atoms with Gasteiger partial charge in [0.2, 0.25) is 0 Å². The highest BCUT2D eigenvalue weighted by Gasteiger charge is 2.53. The summed E-state index contributed by atoms with van der Waals surface area (Å²) in [6.07, 6.45) is 1.61. The molecule has 0 spiro atoms. The summed E-state index contributed by atoms with van der Waals surface area (Å²) >= 11 is 6.15. The van der Waals surface area contributed by atoms with Crippen LogP contribution in [0, 0.1) is 11.3 Å². The number of benzene rings is 2. The molecule has 104 valence electrons. The highest BCUT2D eigenvalue weighted by Crippen LogP contribution is 2.51. The second kappa shape index (κ2) is 5.35. The van der Waals surface area contributed by atoms with Crippen LogP contribution < -0.4 is 0 Å². The van der Waals surface area contributed by atoms with Crippen molar-refractivity contribution in [1.82, 2.24) is 0 Å². The first kappa shape index (κ1) is 13.9. The lowest BCUT2D eigenvalue weighted by Gasteiger charge is -2.19. The number of carbonyl (C=O) groups excluding carboxylic acids is 1. The fourth-order valence-corrected chi connectivity index (χ4v) is 3.06. The standard InChI is InChI=1S/C18H14ClNO/c19-16-9-5-4-8-14(16)15(12-20)17(21)18(10-11-18)13-6-2-1-3-7-13/h1-9,15H,10-11H2. The Labute approximate surface area is 129 Å². The number of ketones is 1. The van der Waals surface area contributed by atoms with Crippen molar-refractivity contribution in [2.75, 3.05) is 0 Å². The predicted octanol–water partition coefficient (Wildman–Crippen LogP) is 4.25. The zero-order chi connectivity index (χ0) is 14.9. The van der Waals surface area contributed by atoms with Gasteiger partial charge in [-0.25, -0.2) is 0 Å². The summed E-state index contributed by atoms with van der Waals surface area (Å²) in [5, 5.41) is 9.96. The summed E-state index contributed by atoms with van der Waals surface area (Å²) in [6.45, 7) is 0. The van der Waals surface area contributed by atoms with Crippen LogP contribution in [-0.4, -0.2) is 5.78 Å². The summed E-state index contributed by atoms with van der Waals surface area (Å²) in [5.41, 5.74) is 1.11. The third-order valence-electron chi connectivity index (χ3n) is 4.16. The molecule has 3 rings (SSSR count). The van der Waals surface area contributed by atoms with Crippen LogP contribution in [0.4, 0.5) is 0 Å². The fourth-order valence-electron chi connectivity index (χ4n) is 2.81. The quantitative estimate of drug-likeness (QED) is 0.846. The molecular weight excluding hydrogens is 282 g/mol. The lowest BCUT2D eigenvalue weighted by atomic mass is 9.82. The monoisotopic (exact) mass is 295 g/mol. The summed E-state index contributed by atoms with van der Waals surface area (Å²) in [7, 11) is 0. The predicted molar refractivity (Wildman–Crippen MR) is 82.2 cm³/mol. The molecule has 2 aromatic rings. The van der Waals surface area contributed by atoms with Crippen LogP contribution in [0.25, 0.3) is 0 Å². The molecule has 1 fully saturated rings. The molecule has 0 heterocycles. The molecule has 0 aliphatic heterocycles. The van der Waals surface area contributed by atoms with E-state index in [-0.39, 0.29) is 5.78 Å². The Morgan fingerprint density at radius 2 is 1.71 bits per heavy atom. The van der Waals surface area contributed by atoms with Crippen molar-refractivity contribution in [3.05, 3.63) is 70.7 Å². The average molecular weight is 296 g/mol. The molecule has 0 saturated heterocycles. The first-order valence-electron chi connectivity index (χ1n) is 6.93. The van der Waals surface area contributed by atoms with Gasteiger partial charge in [-0.3, -0.25) is 4.79 Å². The van der Waals surface area contributed by atoms with E-state index in [0.29, 0.717) is 10.6 Å². The maximum atomic E-state index is 12.9. The van der Waals surface area contributed by atoms with Gasteiger partial charge in [0, 0.05) is 5.02 Å². The van der Waals surface area contributed by atoms with E-state index in [1.807, 2.05) is 30.3 Å². The average Bonchev–Trinajstić information content (AvgIpc) is 3.32. The molecule has 2 aromatic carbocycles. The minimum atomic E-state index is -0.804. The van der Waals surface area contributed by atoms with Gasteiger partial charge in [-0.15, -0.1) is 0 Å². The molecule has 0 bridgehead atoms. The van der Waals surface area contributed by atoms with Crippen molar-refractivity contribution in [3.63, 3.8) is 0 Å². The number of Topliss-reactive ketones (excluding diaryl/α,β-unsaturated/α-hetero) is 1. The number of hydrogen-bond donors (Lipinski definition) is 0. The minimum absolute atomic E-state index is 0.0377. The van der Waals surface area contributed by atoms with E-state index in [4.69, 9.17) is 11.6 Å². The number of nitriles is 1. The molecule has 0 N–H and O–H groups in total. The molecule has 0 amide bonds. The van der Waals surface area contributed by atoms with Gasteiger partial charge in [-0.2, -0.15) is 5.26 Å². The van der Waals surface area contributed by atoms with Crippen molar-refractivity contribution >= 4 is 17.4 Å². The van der Waals surface area contributed by atoms with Gasteiger partial charge in [0.15, 0.2) is 5.78 Å². The van der Waals surface area contributed by atoms with Gasteiger partial charge in [-0.05, 0) is 30.0 Å². The first-order chi connectivity index (χ1) is 10.2. The SMILES string of the molecule is N#CC(C(=O)C1(c2ccccc2)CC1)c1ccccc1Cl. The number of halogens is 1. The van der Waals surface area contributed by atoms with Crippen LogP contribution in [0.1, 0.15) is 29.9 Å². The van der Waals surface area contributed by atoms with E-state index < -0.39 is 11.3 Å². The topological polar surface area (TPSA) is 40.9 Å². The lowest BCUT2D eigenvalue weighted by Crippen LogP contribution is -2.26. The smallest absolute Gasteiger partial charge is 0.164 e. The second-order valence-electron chi connectivity index (χ2n) is 5.40. The third kappa shape index (κ3) is 2.34. The summed E-state index contributed by atoms with van der Waals surface area (Å²) in [4.78, 5) is 12.9. The van der Waals surface area contributed by atoms with Gasteiger partial charge in [-0.1, -0.05) is 60.1 Å². The molecule has 1 unspecified atom stereocenters. The Morgan fingerprint density at radius 3 is 2.29 bits per heavy atom. The Bertz CT molecular complexity index is 713. The maximum absolute atomic E-state index is 12.9. The molecule has 1 saturated carbocycles. The minimum Gasteiger partial charge on any atom is -0.297 e. The van der Waals surface area contributed by atoms with E-state index in [1.54, 1.807) is 24.3 Å². The Balaban J connectivity index is 1.98. The molecule has 21 heavy (non-hydrogen) atoms. The molecule has 0 radical (unpaired) electrons. The molecule has 3 heteroatoms. The Kier molecular flexibility index (Phi) is 3.53. The third-order valence-corrected chi connectivity index (χ3v) is 4.50. The first-order valence-corrected chi connectivity index (χ1v) is 7.31. The van der Waals surface area contributed by atoms with Crippen molar-refractivity contribution in [2.24, 2.45) is 0 Å². The Hall–Kier alpha value is -2.11. The van der Waals surface area contributed by atoms with Crippen molar-refractivity contribution in [1.29, 1.82) is 5.26 Å². The van der Waals surface area contributed by atoms with Gasteiger partial charge >= 0.3 is 0 Å². The second-order valence-corrected chi connectivity index (χ2v) is 5.80.